The minimum atomic E-state index is -0.118. The normalized spacial score (nSPS) is 12.9. The van der Waals surface area contributed by atoms with Gasteiger partial charge in [0.1, 0.15) is 12.1 Å². The Bertz CT molecular complexity index is 1230. The Morgan fingerprint density at radius 2 is 2.07 bits per heavy atom. The maximum atomic E-state index is 11.4. The lowest BCUT2D eigenvalue weighted by Gasteiger charge is -2.10. The molecule has 0 radical (unpaired) electrons. The Morgan fingerprint density at radius 3 is 2.86 bits per heavy atom. The van der Waals surface area contributed by atoms with E-state index < -0.39 is 0 Å². The van der Waals surface area contributed by atoms with Crippen LogP contribution in [0.1, 0.15) is 24.8 Å². The van der Waals surface area contributed by atoms with E-state index in [0.29, 0.717) is 6.61 Å². The standard InChI is InChI=1S/C21H19N5O2S/c1-12(2)26-20(23-11-24-26)21-25-19-15-9-13(14-4-6-18(27)22-10-14)3-5-16(15)28-8-7-17(19)29-21/h3-6,9-12H,7-8H2,1-2H3,(H,22,27). The van der Waals surface area contributed by atoms with Crippen LogP contribution in [0.15, 0.2) is 47.7 Å². The summed E-state index contributed by atoms with van der Waals surface area (Å²) in [4.78, 5) is 24.7. The highest BCUT2D eigenvalue weighted by Crippen LogP contribution is 2.41. The number of H-pyrrole nitrogens is 1. The first kappa shape index (κ1) is 17.8. The number of aromatic nitrogens is 5. The van der Waals surface area contributed by atoms with Crippen LogP contribution in [-0.4, -0.2) is 31.3 Å². The van der Waals surface area contributed by atoms with Gasteiger partial charge in [0.2, 0.25) is 5.56 Å². The zero-order valence-corrected chi connectivity index (χ0v) is 16.9. The van der Waals surface area contributed by atoms with Gasteiger partial charge < -0.3 is 9.72 Å². The number of aromatic amines is 1. The smallest absolute Gasteiger partial charge is 0.247 e. The summed E-state index contributed by atoms with van der Waals surface area (Å²) in [5, 5.41) is 5.20. The molecule has 3 aromatic heterocycles. The minimum absolute atomic E-state index is 0.118. The largest absolute Gasteiger partial charge is 0.493 e. The molecular formula is C21H19N5O2S. The van der Waals surface area contributed by atoms with Crippen molar-refractivity contribution in [3.05, 3.63) is 58.1 Å². The lowest BCUT2D eigenvalue weighted by atomic mass is 10.0. The quantitative estimate of drug-likeness (QED) is 0.558. The molecule has 0 spiro atoms. The van der Waals surface area contributed by atoms with Gasteiger partial charge in [-0.15, -0.1) is 11.3 Å². The highest BCUT2D eigenvalue weighted by molar-refractivity contribution is 7.15. The number of nitrogens with one attached hydrogen (secondary N) is 1. The maximum absolute atomic E-state index is 11.4. The number of ether oxygens (including phenoxy) is 1. The average molecular weight is 405 g/mol. The van der Waals surface area contributed by atoms with Gasteiger partial charge in [0.15, 0.2) is 10.8 Å². The summed E-state index contributed by atoms with van der Waals surface area (Å²) in [6.07, 6.45) is 4.10. The second-order valence-electron chi connectivity index (χ2n) is 7.16. The zero-order valence-electron chi connectivity index (χ0n) is 16.0. The van der Waals surface area contributed by atoms with Gasteiger partial charge >= 0.3 is 0 Å². The van der Waals surface area contributed by atoms with E-state index in [4.69, 9.17) is 9.72 Å². The molecule has 0 unspecified atom stereocenters. The fourth-order valence-electron chi connectivity index (χ4n) is 3.47. The van der Waals surface area contributed by atoms with E-state index in [2.05, 4.69) is 35.0 Å². The molecule has 1 N–H and O–H groups in total. The van der Waals surface area contributed by atoms with Crippen molar-refractivity contribution in [3.63, 3.8) is 0 Å². The molecule has 7 nitrogen and oxygen atoms in total. The topological polar surface area (TPSA) is 85.7 Å². The summed E-state index contributed by atoms with van der Waals surface area (Å²) in [5.41, 5.74) is 3.71. The van der Waals surface area contributed by atoms with Gasteiger partial charge in [-0.1, -0.05) is 6.07 Å². The van der Waals surface area contributed by atoms with Crippen LogP contribution in [0.2, 0.25) is 0 Å². The second kappa shape index (κ2) is 6.97. The molecular weight excluding hydrogens is 386 g/mol. The Labute approximate surface area is 171 Å². The molecule has 1 aliphatic heterocycles. The lowest BCUT2D eigenvalue weighted by molar-refractivity contribution is 0.327. The molecule has 0 fully saturated rings. The third-order valence-corrected chi connectivity index (χ3v) is 6.00. The number of thiazole rings is 1. The van der Waals surface area contributed by atoms with Crippen molar-refractivity contribution in [2.24, 2.45) is 0 Å². The van der Waals surface area contributed by atoms with Crippen molar-refractivity contribution in [1.82, 2.24) is 24.7 Å². The number of rotatable bonds is 3. The summed E-state index contributed by atoms with van der Waals surface area (Å²) < 4.78 is 7.86. The van der Waals surface area contributed by atoms with Gasteiger partial charge in [0.25, 0.3) is 0 Å². The average Bonchev–Trinajstić information content (AvgIpc) is 3.33. The number of hydrogen-bond donors (Lipinski definition) is 1. The van der Waals surface area contributed by atoms with Crippen LogP contribution in [0.25, 0.3) is 33.2 Å². The van der Waals surface area contributed by atoms with Crippen molar-refractivity contribution >= 4 is 11.3 Å². The Hall–Kier alpha value is -3.26. The second-order valence-corrected chi connectivity index (χ2v) is 8.25. The van der Waals surface area contributed by atoms with Gasteiger partial charge in [0, 0.05) is 35.2 Å². The third kappa shape index (κ3) is 3.15. The summed E-state index contributed by atoms with van der Waals surface area (Å²) in [6.45, 7) is 4.77. The molecule has 1 aliphatic rings. The van der Waals surface area contributed by atoms with E-state index in [-0.39, 0.29) is 11.6 Å². The van der Waals surface area contributed by atoms with Crippen molar-refractivity contribution in [1.29, 1.82) is 0 Å². The molecule has 0 saturated carbocycles. The molecule has 5 rings (SSSR count). The number of nitrogens with zero attached hydrogens (tertiary/aromatic N) is 4. The first-order valence-electron chi connectivity index (χ1n) is 9.46. The minimum Gasteiger partial charge on any atom is -0.493 e. The van der Waals surface area contributed by atoms with Crippen molar-refractivity contribution in [2.75, 3.05) is 6.61 Å². The van der Waals surface area contributed by atoms with Gasteiger partial charge in [0.05, 0.1) is 12.3 Å². The molecule has 4 heterocycles. The highest BCUT2D eigenvalue weighted by Gasteiger charge is 2.23. The molecule has 146 valence electrons. The molecule has 0 saturated heterocycles. The van der Waals surface area contributed by atoms with Crippen molar-refractivity contribution in [2.45, 2.75) is 26.3 Å². The van der Waals surface area contributed by atoms with E-state index in [1.807, 2.05) is 22.9 Å². The van der Waals surface area contributed by atoms with Crippen LogP contribution < -0.4 is 10.3 Å². The number of benzene rings is 1. The van der Waals surface area contributed by atoms with Crippen molar-refractivity contribution in [3.8, 4) is 39.0 Å². The molecule has 0 bridgehead atoms. The van der Waals surface area contributed by atoms with E-state index in [1.54, 1.807) is 23.9 Å². The molecule has 8 heteroatoms. The van der Waals surface area contributed by atoms with E-state index in [1.165, 1.54) is 10.9 Å². The van der Waals surface area contributed by atoms with Gasteiger partial charge in [-0.25, -0.2) is 14.6 Å². The Balaban J connectivity index is 1.64. The summed E-state index contributed by atoms with van der Waals surface area (Å²) in [7, 11) is 0. The number of pyridine rings is 1. The molecule has 4 aromatic rings. The summed E-state index contributed by atoms with van der Waals surface area (Å²) in [6, 6.07) is 9.60. The van der Waals surface area contributed by atoms with Crippen LogP contribution in [0.4, 0.5) is 0 Å². The monoisotopic (exact) mass is 405 g/mol. The fraction of sp³-hybridized carbons (Fsp3) is 0.238. The third-order valence-electron chi connectivity index (χ3n) is 4.89. The predicted molar refractivity (Wildman–Crippen MR) is 112 cm³/mol. The van der Waals surface area contributed by atoms with Crippen LogP contribution in [0.3, 0.4) is 0 Å². The van der Waals surface area contributed by atoms with E-state index in [9.17, 15) is 4.79 Å². The van der Waals surface area contributed by atoms with Crippen LogP contribution in [0, 0.1) is 0 Å². The number of hydrogen-bond acceptors (Lipinski definition) is 6. The molecule has 0 atom stereocenters. The maximum Gasteiger partial charge on any atom is 0.247 e. The van der Waals surface area contributed by atoms with Gasteiger partial charge in [-0.2, -0.15) is 5.10 Å². The van der Waals surface area contributed by atoms with Gasteiger partial charge in [-0.3, -0.25) is 4.79 Å². The Kier molecular flexibility index (Phi) is 4.28. The zero-order chi connectivity index (χ0) is 20.0. The Morgan fingerprint density at radius 1 is 1.21 bits per heavy atom. The van der Waals surface area contributed by atoms with Crippen LogP contribution in [-0.2, 0) is 6.42 Å². The number of fused-ring (bicyclic) bond motifs is 3. The summed E-state index contributed by atoms with van der Waals surface area (Å²) >= 11 is 1.64. The fourth-order valence-corrected chi connectivity index (χ4v) is 4.52. The van der Waals surface area contributed by atoms with E-state index >= 15 is 0 Å². The first-order chi connectivity index (χ1) is 14.1. The predicted octanol–water partition coefficient (Wildman–Crippen LogP) is 3.94. The molecule has 0 amide bonds. The SMILES string of the molecule is CC(C)n1ncnc1-c1nc2c(s1)CCOc1ccc(-c3ccc(=O)[nH]c3)cc1-2. The molecule has 29 heavy (non-hydrogen) atoms. The van der Waals surface area contributed by atoms with Crippen LogP contribution >= 0.6 is 11.3 Å². The first-order valence-corrected chi connectivity index (χ1v) is 10.3. The molecule has 0 aliphatic carbocycles. The van der Waals surface area contributed by atoms with E-state index in [0.717, 1.165) is 45.4 Å². The van der Waals surface area contributed by atoms with Gasteiger partial charge in [-0.05, 0) is 43.2 Å². The van der Waals surface area contributed by atoms with Crippen LogP contribution in [0.5, 0.6) is 5.75 Å². The highest BCUT2D eigenvalue weighted by atomic mass is 32.1. The molecule has 1 aromatic carbocycles. The lowest BCUT2D eigenvalue weighted by Crippen LogP contribution is -2.04. The van der Waals surface area contributed by atoms with Crippen molar-refractivity contribution < 1.29 is 4.74 Å². The summed E-state index contributed by atoms with van der Waals surface area (Å²) in [5.74, 6) is 1.61.